The van der Waals surface area contributed by atoms with Gasteiger partial charge in [-0.3, -0.25) is 14.5 Å². The average molecular weight is 421 g/mol. The molecule has 0 unspecified atom stereocenters. The van der Waals surface area contributed by atoms with Gasteiger partial charge in [-0.05, 0) is 44.4 Å². The standard InChI is InChI=1S/C22H28N8O/c1-16(2)27-22-25-13-19(17-3-8-23-9-4-17)21(28-22)18-5-10-29(11-6-18)20(31)7-12-30-15-24-14-26-30/h3-4,8-9,13-16,18H,5-7,10-12H2,1-2H3,(H,25,27,28). The van der Waals surface area contributed by atoms with Crippen LogP contribution in [0.5, 0.6) is 0 Å². The van der Waals surface area contributed by atoms with E-state index in [1.165, 1.54) is 6.33 Å². The maximum absolute atomic E-state index is 12.6. The van der Waals surface area contributed by atoms with Gasteiger partial charge >= 0.3 is 0 Å². The second kappa shape index (κ2) is 9.63. The molecule has 162 valence electrons. The van der Waals surface area contributed by atoms with E-state index in [2.05, 4.69) is 39.2 Å². The highest BCUT2D eigenvalue weighted by Crippen LogP contribution is 2.34. The second-order valence-electron chi connectivity index (χ2n) is 8.09. The van der Waals surface area contributed by atoms with E-state index in [1.54, 1.807) is 23.4 Å². The average Bonchev–Trinajstić information content (AvgIpc) is 3.31. The van der Waals surface area contributed by atoms with E-state index in [-0.39, 0.29) is 17.9 Å². The summed E-state index contributed by atoms with van der Waals surface area (Å²) in [5.74, 6) is 1.08. The summed E-state index contributed by atoms with van der Waals surface area (Å²) in [7, 11) is 0. The lowest BCUT2D eigenvalue weighted by Crippen LogP contribution is -2.38. The highest BCUT2D eigenvalue weighted by atomic mass is 16.2. The number of anilines is 1. The predicted molar refractivity (Wildman–Crippen MR) is 117 cm³/mol. The molecular weight excluding hydrogens is 392 g/mol. The number of amides is 1. The van der Waals surface area contributed by atoms with Crippen molar-refractivity contribution in [3.05, 3.63) is 49.1 Å². The first-order chi connectivity index (χ1) is 15.1. The summed E-state index contributed by atoms with van der Waals surface area (Å²) in [6.45, 7) is 6.16. The number of hydrogen-bond donors (Lipinski definition) is 1. The number of nitrogens with zero attached hydrogens (tertiary/aromatic N) is 7. The van der Waals surface area contributed by atoms with Crippen LogP contribution in [-0.4, -0.2) is 59.7 Å². The van der Waals surface area contributed by atoms with Crippen LogP contribution in [0.25, 0.3) is 11.1 Å². The van der Waals surface area contributed by atoms with Crippen LogP contribution in [0.4, 0.5) is 5.95 Å². The second-order valence-corrected chi connectivity index (χ2v) is 8.09. The molecule has 4 rings (SSSR count). The van der Waals surface area contributed by atoms with Crippen molar-refractivity contribution < 1.29 is 4.79 Å². The fraction of sp³-hybridized carbons (Fsp3) is 0.455. The van der Waals surface area contributed by atoms with Gasteiger partial charge in [0.05, 0.1) is 12.2 Å². The van der Waals surface area contributed by atoms with Crippen LogP contribution in [0.2, 0.25) is 0 Å². The van der Waals surface area contributed by atoms with Crippen molar-refractivity contribution in [1.82, 2.24) is 34.6 Å². The molecule has 9 nitrogen and oxygen atoms in total. The SMILES string of the molecule is CC(C)Nc1ncc(-c2ccncc2)c(C2CCN(C(=O)CCn3cncn3)CC2)n1. The van der Waals surface area contributed by atoms with Crippen molar-refractivity contribution in [2.24, 2.45) is 0 Å². The maximum Gasteiger partial charge on any atom is 0.224 e. The zero-order valence-electron chi connectivity index (χ0n) is 18.0. The van der Waals surface area contributed by atoms with Gasteiger partial charge in [0, 0.05) is 55.6 Å². The number of carbonyl (C=O) groups is 1. The van der Waals surface area contributed by atoms with E-state index in [9.17, 15) is 4.79 Å². The van der Waals surface area contributed by atoms with Crippen LogP contribution in [0, 0.1) is 0 Å². The van der Waals surface area contributed by atoms with Crippen LogP contribution in [-0.2, 0) is 11.3 Å². The fourth-order valence-electron chi connectivity index (χ4n) is 3.91. The number of hydrogen-bond acceptors (Lipinski definition) is 7. The van der Waals surface area contributed by atoms with E-state index >= 15 is 0 Å². The minimum atomic E-state index is 0.160. The molecule has 1 fully saturated rings. The predicted octanol–water partition coefficient (Wildman–Crippen LogP) is 2.75. The fourth-order valence-corrected chi connectivity index (χ4v) is 3.91. The number of nitrogens with one attached hydrogen (secondary N) is 1. The Labute approximate surface area is 182 Å². The van der Waals surface area contributed by atoms with Crippen molar-refractivity contribution >= 4 is 11.9 Å². The molecule has 0 aliphatic carbocycles. The molecule has 0 aromatic carbocycles. The molecule has 0 bridgehead atoms. The van der Waals surface area contributed by atoms with Gasteiger partial charge in [-0.25, -0.2) is 15.0 Å². The van der Waals surface area contributed by atoms with Crippen molar-refractivity contribution in [3.63, 3.8) is 0 Å². The van der Waals surface area contributed by atoms with Crippen molar-refractivity contribution in [3.8, 4) is 11.1 Å². The Bertz CT molecular complexity index is 982. The number of likely N-dealkylation sites (tertiary alicyclic amines) is 1. The van der Waals surface area contributed by atoms with E-state index in [0.717, 1.165) is 42.8 Å². The Kier molecular flexibility index (Phi) is 6.49. The lowest BCUT2D eigenvalue weighted by Gasteiger charge is -2.32. The summed E-state index contributed by atoms with van der Waals surface area (Å²) in [6.07, 6.45) is 10.8. The van der Waals surface area contributed by atoms with Crippen LogP contribution < -0.4 is 5.32 Å². The van der Waals surface area contributed by atoms with E-state index in [1.807, 2.05) is 23.2 Å². The number of pyridine rings is 1. The summed E-state index contributed by atoms with van der Waals surface area (Å²) in [5.41, 5.74) is 3.14. The molecule has 0 saturated carbocycles. The molecule has 1 N–H and O–H groups in total. The van der Waals surface area contributed by atoms with Gasteiger partial charge in [0.1, 0.15) is 12.7 Å². The molecule has 9 heteroatoms. The Morgan fingerprint density at radius 2 is 1.97 bits per heavy atom. The summed E-state index contributed by atoms with van der Waals surface area (Å²) in [5, 5.41) is 7.37. The van der Waals surface area contributed by atoms with Crippen molar-refractivity contribution in [2.45, 2.75) is 51.6 Å². The lowest BCUT2D eigenvalue weighted by molar-refractivity contribution is -0.132. The topological polar surface area (TPSA) is 102 Å². The Balaban J connectivity index is 1.46. The molecule has 3 aromatic rings. The maximum atomic E-state index is 12.6. The highest BCUT2D eigenvalue weighted by molar-refractivity contribution is 5.76. The molecule has 1 saturated heterocycles. The van der Waals surface area contributed by atoms with Gasteiger partial charge in [0.2, 0.25) is 11.9 Å². The Morgan fingerprint density at radius 3 is 2.65 bits per heavy atom. The van der Waals surface area contributed by atoms with Crippen LogP contribution in [0.3, 0.4) is 0 Å². The molecule has 0 radical (unpaired) electrons. The summed E-state index contributed by atoms with van der Waals surface area (Å²) >= 11 is 0. The number of carbonyl (C=O) groups excluding carboxylic acids is 1. The number of piperidine rings is 1. The quantitative estimate of drug-likeness (QED) is 0.627. The summed E-state index contributed by atoms with van der Waals surface area (Å²) in [6, 6.07) is 4.23. The van der Waals surface area contributed by atoms with Gasteiger partial charge < -0.3 is 10.2 Å². The summed E-state index contributed by atoms with van der Waals surface area (Å²) < 4.78 is 1.69. The number of aryl methyl sites for hydroxylation is 1. The molecule has 1 aliphatic heterocycles. The zero-order valence-corrected chi connectivity index (χ0v) is 18.0. The Morgan fingerprint density at radius 1 is 1.19 bits per heavy atom. The normalized spacial score (nSPS) is 14.7. The van der Waals surface area contributed by atoms with Gasteiger partial charge in [-0.15, -0.1) is 0 Å². The largest absolute Gasteiger partial charge is 0.352 e. The van der Waals surface area contributed by atoms with E-state index in [4.69, 9.17) is 4.98 Å². The number of aromatic nitrogens is 6. The molecule has 4 heterocycles. The molecule has 0 atom stereocenters. The third-order valence-electron chi connectivity index (χ3n) is 5.48. The molecule has 1 aliphatic rings. The third kappa shape index (κ3) is 5.22. The first-order valence-electron chi connectivity index (χ1n) is 10.7. The highest BCUT2D eigenvalue weighted by Gasteiger charge is 2.27. The monoisotopic (exact) mass is 420 g/mol. The Hall–Kier alpha value is -3.36. The molecule has 31 heavy (non-hydrogen) atoms. The van der Waals surface area contributed by atoms with Crippen molar-refractivity contribution in [1.29, 1.82) is 0 Å². The van der Waals surface area contributed by atoms with Crippen molar-refractivity contribution in [2.75, 3.05) is 18.4 Å². The van der Waals surface area contributed by atoms with Gasteiger partial charge in [0.15, 0.2) is 0 Å². The van der Waals surface area contributed by atoms with Crippen LogP contribution in [0.1, 0.15) is 44.7 Å². The third-order valence-corrected chi connectivity index (χ3v) is 5.48. The summed E-state index contributed by atoms with van der Waals surface area (Å²) in [4.78, 5) is 32.0. The first kappa shape index (κ1) is 20.9. The molecular formula is C22H28N8O. The van der Waals surface area contributed by atoms with Gasteiger partial charge in [-0.2, -0.15) is 5.10 Å². The smallest absolute Gasteiger partial charge is 0.224 e. The lowest BCUT2D eigenvalue weighted by atomic mass is 9.89. The van der Waals surface area contributed by atoms with E-state index in [0.29, 0.717) is 18.9 Å². The minimum absolute atomic E-state index is 0.160. The minimum Gasteiger partial charge on any atom is -0.352 e. The van der Waals surface area contributed by atoms with Crippen LogP contribution >= 0.6 is 0 Å². The molecule has 0 spiro atoms. The molecule has 1 amide bonds. The first-order valence-corrected chi connectivity index (χ1v) is 10.7. The van der Waals surface area contributed by atoms with E-state index < -0.39 is 0 Å². The number of rotatable bonds is 7. The van der Waals surface area contributed by atoms with Gasteiger partial charge in [-0.1, -0.05) is 0 Å². The van der Waals surface area contributed by atoms with Crippen LogP contribution in [0.15, 0.2) is 43.4 Å². The van der Waals surface area contributed by atoms with Gasteiger partial charge in [0.25, 0.3) is 0 Å². The molecule has 3 aromatic heterocycles. The zero-order chi connectivity index (χ0) is 21.6.